The molecule has 0 bridgehead atoms. The number of para-hydroxylation sites is 3. The standard InChI is InChI=1S/C26H29N3O3S/c1-32-23-15-7-6-14-22(23)29-25(31)19-11-3-4-12-20(19)27-26(29)33-17-24(30)28-16-8-10-18-9-2-5-13-21(18)28/h3-4,6-7,11-12,14-15,18,21H,2,5,8-10,13,16-17H2,1H3. The van der Waals surface area contributed by atoms with Crippen LogP contribution in [0.5, 0.6) is 5.75 Å². The van der Waals surface area contributed by atoms with Gasteiger partial charge in [-0.3, -0.25) is 14.2 Å². The van der Waals surface area contributed by atoms with Crippen molar-refractivity contribution < 1.29 is 9.53 Å². The van der Waals surface area contributed by atoms with Crippen LogP contribution in [-0.4, -0.2) is 45.8 Å². The molecule has 0 N–H and O–H groups in total. The average molecular weight is 464 g/mol. The molecule has 5 rings (SSSR count). The summed E-state index contributed by atoms with van der Waals surface area (Å²) in [7, 11) is 1.59. The van der Waals surface area contributed by atoms with E-state index in [9.17, 15) is 9.59 Å². The number of carbonyl (C=O) groups is 1. The number of hydrogen-bond donors (Lipinski definition) is 0. The molecule has 2 aromatic carbocycles. The van der Waals surface area contributed by atoms with Crippen LogP contribution < -0.4 is 10.3 Å². The zero-order chi connectivity index (χ0) is 22.8. The Labute approximate surface area is 198 Å². The van der Waals surface area contributed by atoms with E-state index in [1.807, 2.05) is 42.5 Å². The third kappa shape index (κ3) is 4.26. The van der Waals surface area contributed by atoms with E-state index in [0.29, 0.717) is 39.5 Å². The smallest absolute Gasteiger partial charge is 0.266 e. The van der Waals surface area contributed by atoms with Crippen molar-refractivity contribution in [2.75, 3.05) is 19.4 Å². The fourth-order valence-corrected chi connectivity index (χ4v) is 6.27. The summed E-state index contributed by atoms with van der Waals surface area (Å²) in [5.74, 6) is 1.65. The van der Waals surface area contributed by atoms with Crippen molar-refractivity contribution >= 4 is 28.6 Å². The van der Waals surface area contributed by atoms with Crippen LogP contribution in [0.1, 0.15) is 38.5 Å². The van der Waals surface area contributed by atoms with Gasteiger partial charge in [0, 0.05) is 12.6 Å². The number of aromatic nitrogens is 2. The number of likely N-dealkylation sites (tertiary alicyclic amines) is 1. The quantitative estimate of drug-likeness (QED) is 0.407. The van der Waals surface area contributed by atoms with E-state index in [1.165, 1.54) is 37.4 Å². The van der Waals surface area contributed by atoms with Crippen molar-refractivity contribution in [2.24, 2.45) is 5.92 Å². The number of carbonyl (C=O) groups excluding carboxylic acids is 1. The number of ether oxygens (including phenoxy) is 1. The van der Waals surface area contributed by atoms with Crippen LogP contribution in [-0.2, 0) is 4.79 Å². The number of thioether (sulfide) groups is 1. The van der Waals surface area contributed by atoms with Crippen LogP contribution in [0.4, 0.5) is 0 Å². The predicted octanol–water partition coefficient (Wildman–Crippen LogP) is 4.67. The third-order valence-electron chi connectivity index (χ3n) is 6.96. The summed E-state index contributed by atoms with van der Waals surface area (Å²) in [5.41, 5.74) is 1.10. The summed E-state index contributed by atoms with van der Waals surface area (Å²) in [6, 6.07) is 15.1. The first-order chi connectivity index (χ1) is 16.2. The van der Waals surface area contributed by atoms with Crippen molar-refractivity contribution in [3.8, 4) is 11.4 Å². The Hall–Kier alpha value is -2.80. The molecular weight excluding hydrogens is 434 g/mol. The molecule has 2 fully saturated rings. The SMILES string of the molecule is COc1ccccc1-n1c(SCC(=O)N2CCCC3CCCCC32)nc2ccccc2c1=O. The minimum Gasteiger partial charge on any atom is -0.495 e. The first kappa shape index (κ1) is 22.0. The van der Waals surface area contributed by atoms with Crippen LogP contribution in [0.3, 0.4) is 0 Å². The van der Waals surface area contributed by atoms with Gasteiger partial charge in [-0.25, -0.2) is 4.98 Å². The molecule has 1 aromatic heterocycles. The second-order valence-corrected chi connectivity index (χ2v) is 9.80. The van der Waals surface area contributed by atoms with E-state index in [1.54, 1.807) is 17.7 Å². The topological polar surface area (TPSA) is 64.4 Å². The molecule has 1 amide bonds. The van der Waals surface area contributed by atoms with E-state index < -0.39 is 0 Å². The monoisotopic (exact) mass is 463 g/mol. The highest BCUT2D eigenvalue weighted by atomic mass is 32.2. The highest BCUT2D eigenvalue weighted by molar-refractivity contribution is 7.99. The molecule has 6 nitrogen and oxygen atoms in total. The van der Waals surface area contributed by atoms with Crippen LogP contribution in [0.2, 0.25) is 0 Å². The Morgan fingerprint density at radius 1 is 1.06 bits per heavy atom. The molecule has 2 aliphatic rings. The Balaban J connectivity index is 1.48. The Morgan fingerprint density at radius 2 is 1.82 bits per heavy atom. The normalized spacial score (nSPS) is 20.5. The molecule has 2 heterocycles. The maximum Gasteiger partial charge on any atom is 0.266 e. The molecule has 172 valence electrons. The maximum absolute atomic E-state index is 13.5. The van der Waals surface area contributed by atoms with E-state index in [0.717, 1.165) is 19.4 Å². The summed E-state index contributed by atoms with van der Waals surface area (Å²) < 4.78 is 7.11. The molecule has 2 unspecified atom stereocenters. The molecule has 1 aliphatic carbocycles. The van der Waals surface area contributed by atoms with Gasteiger partial charge in [0.1, 0.15) is 5.75 Å². The fourth-order valence-electron chi connectivity index (χ4n) is 5.38. The van der Waals surface area contributed by atoms with E-state index in [4.69, 9.17) is 9.72 Å². The van der Waals surface area contributed by atoms with Crippen molar-refractivity contribution in [2.45, 2.75) is 49.7 Å². The highest BCUT2D eigenvalue weighted by Gasteiger charge is 2.35. The van der Waals surface area contributed by atoms with Gasteiger partial charge in [-0.2, -0.15) is 0 Å². The van der Waals surface area contributed by atoms with Crippen molar-refractivity contribution in [1.82, 2.24) is 14.5 Å². The fraction of sp³-hybridized carbons (Fsp3) is 0.423. The number of hydrogen-bond acceptors (Lipinski definition) is 5. The van der Waals surface area contributed by atoms with Crippen molar-refractivity contribution in [1.29, 1.82) is 0 Å². The van der Waals surface area contributed by atoms with Crippen LogP contribution in [0.25, 0.3) is 16.6 Å². The van der Waals surface area contributed by atoms with E-state index >= 15 is 0 Å². The number of benzene rings is 2. The lowest BCUT2D eigenvalue weighted by molar-refractivity contribution is -0.134. The van der Waals surface area contributed by atoms with Gasteiger partial charge >= 0.3 is 0 Å². The van der Waals surface area contributed by atoms with Gasteiger partial charge < -0.3 is 9.64 Å². The number of nitrogens with zero attached hydrogens (tertiary/aromatic N) is 3. The molecule has 33 heavy (non-hydrogen) atoms. The van der Waals surface area contributed by atoms with E-state index in [2.05, 4.69) is 4.90 Å². The summed E-state index contributed by atoms with van der Waals surface area (Å²) in [6.45, 7) is 0.838. The summed E-state index contributed by atoms with van der Waals surface area (Å²) in [5, 5.41) is 1.05. The molecule has 0 radical (unpaired) electrons. The van der Waals surface area contributed by atoms with Crippen LogP contribution in [0.15, 0.2) is 58.5 Å². The number of amides is 1. The highest BCUT2D eigenvalue weighted by Crippen LogP contribution is 2.36. The summed E-state index contributed by atoms with van der Waals surface area (Å²) >= 11 is 1.34. The van der Waals surface area contributed by atoms with Gasteiger partial charge in [-0.1, -0.05) is 48.9 Å². The van der Waals surface area contributed by atoms with Gasteiger partial charge in [0.05, 0.1) is 29.5 Å². The van der Waals surface area contributed by atoms with Crippen LogP contribution in [0, 0.1) is 5.92 Å². The number of methoxy groups -OCH3 is 1. The molecule has 0 spiro atoms. The number of rotatable bonds is 5. The summed E-state index contributed by atoms with van der Waals surface area (Å²) in [4.78, 5) is 33.7. The van der Waals surface area contributed by atoms with Crippen molar-refractivity contribution in [3.63, 3.8) is 0 Å². The second-order valence-electron chi connectivity index (χ2n) is 8.85. The third-order valence-corrected chi connectivity index (χ3v) is 7.88. The molecule has 1 aliphatic heterocycles. The van der Waals surface area contributed by atoms with Crippen LogP contribution >= 0.6 is 11.8 Å². The molecule has 3 aromatic rings. The molecule has 1 saturated heterocycles. The minimum absolute atomic E-state index is 0.144. The lowest BCUT2D eigenvalue weighted by Gasteiger charge is -2.44. The summed E-state index contributed by atoms with van der Waals surface area (Å²) in [6.07, 6.45) is 7.16. The number of fused-ring (bicyclic) bond motifs is 2. The van der Waals surface area contributed by atoms with Gasteiger partial charge in [0.25, 0.3) is 5.56 Å². The number of piperidine rings is 1. The zero-order valence-corrected chi connectivity index (χ0v) is 19.7. The molecular formula is C26H29N3O3S. The van der Waals surface area contributed by atoms with Gasteiger partial charge in [0.15, 0.2) is 5.16 Å². The molecule has 7 heteroatoms. The first-order valence-corrected chi connectivity index (χ1v) is 12.7. The molecule has 2 atom stereocenters. The Bertz CT molecular complexity index is 1220. The lowest BCUT2D eigenvalue weighted by Crippen LogP contribution is -2.50. The average Bonchev–Trinajstić information content (AvgIpc) is 2.87. The van der Waals surface area contributed by atoms with E-state index in [-0.39, 0.29) is 17.2 Å². The van der Waals surface area contributed by atoms with Gasteiger partial charge in [0.2, 0.25) is 5.91 Å². The Kier molecular flexibility index (Phi) is 6.40. The minimum atomic E-state index is -0.162. The van der Waals surface area contributed by atoms with Gasteiger partial charge in [-0.15, -0.1) is 0 Å². The molecule has 1 saturated carbocycles. The maximum atomic E-state index is 13.5. The van der Waals surface area contributed by atoms with Crippen molar-refractivity contribution in [3.05, 3.63) is 58.9 Å². The largest absolute Gasteiger partial charge is 0.495 e. The zero-order valence-electron chi connectivity index (χ0n) is 18.9. The lowest BCUT2D eigenvalue weighted by atomic mass is 9.78. The van der Waals surface area contributed by atoms with Gasteiger partial charge in [-0.05, 0) is 55.9 Å². The Morgan fingerprint density at radius 3 is 2.70 bits per heavy atom. The second kappa shape index (κ2) is 9.59. The first-order valence-electron chi connectivity index (χ1n) is 11.7. The predicted molar refractivity (Wildman–Crippen MR) is 131 cm³/mol.